The third-order valence-electron chi connectivity index (χ3n) is 3.39. The van der Waals surface area contributed by atoms with Crippen molar-refractivity contribution in [3.63, 3.8) is 0 Å². The van der Waals surface area contributed by atoms with Crippen LogP contribution in [0.2, 0.25) is 0 Å². The average Bonchev–Trinajstić information content (AvgIpc) is 3.11. The van der Waals surface area contributed by atoms with Crippen molar-refractivity contribution in [3.8, 4) is 0 Å². The molecule has 0 aromatic rings. The molecule has 1 heterocycles. The molecule has 2 rings (SSSR count). The molecule has 0 bridgehead atoms. The number of carbonyl (C=O) groups excluding carboxylic acids is 1. The Morgan fingerprint density at radius 1 is 1.25 bits per heavy atom. The zero-order valence-electron chi connectivity index (χ0n) is 9.66. The van der Waals surface area contributed by atoms with E-state index in [1.807, 2.05) is 4.90 Å². The van der Waals surface area contributed by atoms with Crippen LogP contribution in [0.15, 0.2) is 0 Å². The number of halogens is 1. The first-order valence-corrected chi connectivity index (χ1v) is 7.37. The van der Waals surface area contributed by atoms with Gasteiger partial charge >= 0.3 is 0 Å². The highest BCUT2D eigenvalue weighted by atomic mass is 79.9. The third kappa shape index (κ3) is 3.74. The van der Waals surface area contributed by atoms with Crippen molar-refractivity contribution in [2.45, 2.75) is 38.2 Å². The molecule has 2 fully saturated rings. The lowest BCUT2D eigenvalue weighted by molar-refractivity contribution is -0.134. The topological polar surface area (TPSA) is 29.5 Å². The Balaban J connectivity index is 1.65. The summed E-state index contributed by atoms with van der Waals surface area (Å²) >= 11 is 3.36. The molecule has 1 amide bonds. The van der Waals surface area contributed by atoms with E-state index >= 15 is 0 Å². The van der Waals surface area contributed by atoms with E-state index < -0.39 is 0 Å². The molecule has 1 aliphatic carbocycles. The molecule has 0 unspecified atom stereocenters. The second-order valence-electron chi connectivity index (χ2n) is 4.79. The highest BCUT2D eigenvalue weighted by Gasteiger charge is 2.29. The smallest absolute Gasteiger partial charge is 0.222 e. The Hall–Kier alpha value is -0.0900. The van der Waals surface area contributed by atoms with E-state index in [2.05, 4.69) is 15.9 Å². The lowest BCUT2D eigenvalue weighted by Crippen LogP contribution is -2.41. The average molecular weight is 290 g/mol. The molecule has 0 spiro atoms. The molecule has 2 aliphatic rings. The summed E-state index contributed by atoms with van der Waals surface area (Å²) in [6.45, 7) is 2.55. The minimum Gasteiger partial charge on any atom is -0.377 e. The van der Waals surface area contributed by atoms with Crippen molar-refractivity contribution in [1.29, 1.82) is 0 Å². The summed E-state index contributed by atoms with van der Waals surface area (Å²) in [4.78, 5) is 13.9. The number of ether oxygens (including phenoxy) is 1. The summed E-state index contributed by atoms with van der Waals surface area (Å²) in [6, 6.07) is 0. The highest BCUT2D eigenvalue weighted by molar-refractivity contribution is 9.09. The zero-order chi connectivity index (χ0) is 11.4. The minimum atomic E-state index is 0.362. The molecule has 3 nitrogen and oxygen atoms in total. The van der Waals surface area contributed by atoms with Crippen molar-refractivity contribution in [2.24, 2.45) is 5.92 Å². The van der Waals surface area contributed by atoms with Gasteiger partial charge in [-0.1, -0.05) is 15.9 Å². The van der Waals surface area contributed by atoms with E-state index in [1.54, 1.807) is 0 Å². The second kappa shape index (κ2) is 6.01. The summed E-state index contributed by atoms with van der Waals surface area (Å²) in [5, 5.41) is 0.897. The summed E-state index contributed by atoms with van der Waals surface area (Å²) in [6.07, 6.45) is 5.68. The Morgan fingerprint density at radius 3 is 2.50 bits per heavy atom. The monoisotopic (exact) mass is 289 g/mol. The van der Waals surface area contributed by atoms with Gasteiger partial charge in [0.2, 0.25) is 5.91 Å². The van der Waals surface area contributed by atoms with Gasteiger partial charge in [0, 0.05) is 24.8 Å². The maximum Gasteiger partial charge on any atom is 0.222 e. The number of nitrogens with zero attached hydrogens (tertiary/aromatic N) is 1. The Kier molecular flexibility index (Phi) is 4.65. The molecule has 0 aromatic heterocycles. The molecule has 92 valence electrons. The predicted molar refractivity (Wildman–Crippen MR) is 66.7 cm³/mol. The fourth-order valence-corrected chi connectivity index (χ4v) is 2.37. The van der Waals surface area contributed by atoms with Crippen LogP contribution in [0.1, 0.15) is 32.1 Å². The van der Waals surface area contributed by atoms with Gasteiger partial charge in [-0.2, -0.15) is 0 Å². The fourth-order valence-electron chi connectivity index (χ4n) is 2.18. The van der Waals surface area contributed by atoms with Crippen LogP contribution >= 0.6 is 15.9 Å². The van der Waals surface area contributed by atoms with Crippen LogP contribution in [0.3, 0.4) is 0 Å². The van der Waals surface area contributed by atoms with Crippen molar-refractivity contribution in [3.05, 3.63) is 0 Å². The van der Waals surface area contributed by atoms with Crippen molar-refractivity contribution in [1.82, 2.24) is 4.90 Å². The highest BCUT2D eigenvalue weighted by Crippen LogP contribution is 2.33. The largest absolute Gasteiger partial charge is 0.377 e. The Labute approximate surface area is 106 Å². The van der Waals surface area contributed by atoms with Gasteiger partial charge in [0.15, 0.2) is 0 Å². The summed E-state index contributed by atoms with van der Waals surface area (Å²) in [7, 11) is 0. The van der Waals surface area contributed by atoms with Gasteiger partial charge in [0.25, 0.3) is 0 Å². The van der Waals surface area contributed by atoms with Crippen molar-refractivity contribution >= 4 is 21.8 Å². The SMILES string of the molecule is O=C(CC1CC1)N1CCC(OCCBr)CC1. The second-order valence-corrected chi connectivity index (χ2v) is 5.58. The maximum atomic E-state index is 11.8. The van der Waals surface area contributed by atoms with E-state index in [1.165, 1.54) is 12.8 Å². The summed E-state index contributed by atoms with van der Waals surface area (Å²) < 4.78 is 5.67. The van der Waals surface area contributed by atoms with Crippen LogP contribution < -0.4 is 0 Å². The van der Waals surface area contributed by atoms with E-state index in [0.717, 1.165) is 44.3 Å². The molecular formula is C12H20BrNO2. The van der Waals surface area contributed by atoms with E-state index in [4.69, 9.17) is 4.74 Å². The molecule has 16 heavy (non-hydrogen) atoms. The van der Waals surface area contributed by atoms with Gasteiger partial charge in [-0.3, -0.25) is 4.79 Å². The number of amides is 1. The zero-order valence-corrected chi connectivity index (χ0v) is 11.2. The first kappa shape index (κ1) is 12.4. The Bertz CT molecular complexity index is 235. The van der Waals surface area contributed by atoms with E-state index in [-0.39, 0.29) is 0 Å². The minimum absolute atomic E-state index is 0.362. The van der Waals surface area contributed by atoms with Crippen molar-refractivity contribution in [2.75, 3.05) is 25.0 Å². The number of hydrogen-bond donors (Lipinski definition) is 0. The van der Waals surface area contributed by atoms with Crippen LogP contribution in [-0.4, -0.2) is 41.9 Å². The first-order chi connectivity index (χ1) is 7.79. The molecule has 4 heteroatoms. The van der Waals surface area contributed by atoms with Crippen LogP contribution in [0.4, 0.5) is 0 Å². The molecule has 0 atom stereocenters. The lowest BCUT2D eigenvalue weighted by Gasteiger charge is -2.32. The predicted octanol–water partition coefficient (Wildman–Crippen LogP) is 2.19. The van der Waals surface area contributed by atoms with Gasteiger partial charge in [-0.05, 0) is 31.6 Å². The maximum absolute atomic E-state index is 11.8. The number of carbonyl (C=O) groups is 1. The number of hydrogen-bond acceptors (Lipinski definition) is 2. The van der Waals surface area contributed by atoms with Crippen LogP contribution in [0.5, 0.6) is 0 Å². The van der Waals surface area contributed by atoms with Gasteiger partial charge in [-0.25, -0.2) is 0 Å². The number of alkyl halides is 1. The van der Waals surface area contributed by atoms with Gasteiger partial charge < -0.3 is 9.64 Å². The van der Waals surface area contributed by atoms with Gasteiger partial charge in [-0.15, -0.1) is 0 Å². The molecule has 1 aliphatic heterocycles. The lowest BCUT2D eigenvalue weighted by atomic mass is 10.1. The van der Waals surface area contributed by atoms with Gasteiger partial charge in [0.05, 0.1) is 12.7 Å². The molecule has 0 aromatic carbocycles. The molecule has 1 saturated carbocycles. The van der Waals surface area contributed by atoms with E-state index in [9.17, 15) is 4.79 Å². The summed E-state index contributed by atoms with van der Waals surface area (Å²) in [5.74, 6) is 1.07. The first-order valence-electron chi connectivity index (χ1n) is 6.25. The number of piperidine rings is 1. The van der Waals surface area contributed by atoms with Crippen molar-refractivity contribution < 1.29 is 9.53 Å². The number of likely N-dealkylation sites (tertiary alicyclic amines) is 1. The van der Waals surface area contributed by atoms with Crippen LogP contribution in [-0.2, 0) is 9.53 Å². The molecule has 0 radical (unpaired) electrons. The molecule has 0 N–H and O–H groups in total. The Morgan fingerprint density at radius 2 is 1.94 bits per heavy atom. The van der Waals surface area contributed by atoms with Crippen LogP contribution in [0.25, 0.3) is 0 Å². The molecular weight excluding hydrogens is 270 g/mol. The van der Waals surface area contributed by atoms with Gasteiger partial charge in [0.1, 0.15) is 0 Å². The van der Waals surface area contributed by atoms with E-state index in [0.29, 0.717) is 17.9 Å². The standard InChI is InChI=1S/C12H20BrNO2/c13-5-8-16-11-3-6-14(7-4-11)12(15)9-10-1-2-10/h10-11H,1-9H2. The number of rotatable bonds is 5. The fraction of sp³-hybridized carbons (Fsp3) is 0.917. The summed E-state index contributed by atoms with van der Waals surface area (Å²) in [5.41, 5.74) is 0. The molecule has 1 saturated heterocycles. The normalized spacial score (nSPS) is 22.4. The quantitative estimate of drug-likeness (QED) is 0.726. The van der Waals surface area contributed by atoms with Crippen LogP contribution in [0, 0.1) is 5.92 Å². The third-order valence-corrected chi connectivity index (χ3v) is 3.71.